The highest BCUT2D eigenvalue weighted by Crippen LogP contribution is 2.48. The molecule has 0 radical (unpaired) electrons. The molecular weight excluding hydrogens is 292 g/mol. The molecule has 114 valence electrons. The third-order valence-electron chi connectivity index (χ3n) is 3.72. The van der Waals surface area contributed by atoms with Crippen LogP contribution in [0.4, 0.5) is 4.79 Å². The van der Waals surface area contributed by atoms with Crippen LogP contribution in [0.2, 0.25) is 5.02 Å². The van der Waals surface area contributed by atoms with Gasteiger partial charge < -0.3 is 15.4 Å². The summed E-state index contributed by atoms with van der Waals surface area (Å²) in [4.78, 5) is 22.6. The average molecular weight is 311 g/mol. The highest BCUT2D eigenvalue weighted by molar-refractivity contribution is 6.30. The Labute approximate surface area is 129 Å². The van der Waals surface area contributed by atoms with Crippen LogP contribution in [0, 0.1) is 0 Å². The molecule has 2 amide bonds. The number of methoxy groups -OCH3 is 1. The summed E-state index contributed by atoms with van der Waals surface area (Å²) in [6, 6.07) is 7.78. The molecule has 0 heterocycles. The van der Waals surface area contributed by atoms with E-state index >= 15 is 0 Å². The van der Waals surface area contributed by atoms with Crippen LogP contribution in [-0.2, 0) is 14.9 Å². The van der Waals surface area contributed by atoms with E-state index in [-0.39, 0.29) is 24.3 Å². The molecule has 1 saturated carbocycles. The lowest BCUT2D eigenvalue weighted by Gasteiger charge is -2.17. The van der Waals surface area contributed by atoms with Crippen molar-refractivity contribution >= 4 is 23.6 Å². The van der Waals surface area contributed by atoms with Gasteiger partial charge in [-0.1, -0.05) is 23.7 Å². The van der Waals surface area contributed by atoms with E-state index in [0.717, 1.165) is 12.8 Å². The number of carbonyl (C=O) groups is 2. The van der Waals surface area contributed by atoms with Crippen molar-refractivity contribution in [2.24, 2.45) is 0 Å². The largest absolute Gasteiger partial charge is 0.453 e. The van der Waals surface area contributed by atoms with E-state index in [1.165, 1.54) is 12.7 Å². The fourth-order valence-corrected chi connectivity index (χ4v) is 2.43. The van der Waals surface area contributed by atoms with Crippen LogP contribution < -0.4 is 10.6 Å². The standard InChI is InChI=1S/C15H19ClN2O3/c1-21-14(20)17-8-5-13(19)18-10-15(6-7-15)11-3-2-4-12(16)9-11/h2-4,9H,5-8,10H2,1H3,(H,17,20)(H,18,19). The van der Waals surface area contributed by atoms with Gasteiger partial charge in [-0.2, -0.15) is 0 Å². The Balaban J connectivity index is 1.77. The van der Waals surface area contributed by atoms with Gasteiger partial charge in [-0.25, -0.2) is 4.79 Å². The van der Waals surface area contributed by atoms with E-state index in [4.69, 9.17) is 11.6 Å². The molecule has 2 N–H and O–H groups in total. The second kappa shape index (κ2) is 6.80. The monoisotopic (exact) mass is 310 g/mol. The molecule has 6 heteroatoms. The molecule has 1 aromatic carbocycles. The van der Waals surface area contributed by atoms with E-state index in [1.807, 2.05) is 24.3 Å². The summed E-state index contributed by atoms with van der Waals surface area (Å²) < 4.78 is 4.43. The first-order valence-electron chi connectivity index (χ1n) is 6.90. The predicted molar refractivity (Wildman–Crippen MR) is 80.4 cm³/mol. The molecule has 5 nitrogen and oxygen atoms in total. The average Bonchev–Trinajstić information content (AvgIpc) is 3.26. The minimum absolute atomic E-state index is 0.0241. The molecule has 0 unspecified atom stereocenters. The van der Waals surface area contributed by atoms with Gasteiger partial charge in [0.2, 0.25) is 5.91 Å². The number of benzene rings is 1. The molecule has 0 atom stereocenters. The van der Waals surface area contributed by atoms with Gasteiger partial charge in [0.15, 0.2) is 0 Å². The van der Waals surface area contributed by atoms with Crippen LogP contribution in [0.25, 0.3) is 0 Å². The molecule has 21 heavy (non-hydrogen) atoms. The van der Waals surface area contributed by atoms with E-state index in [0.29, 0.717) is 11.6 Å². The Morgan fingerprint density at radius 2 is 2.10 bits per heavy atom. The van der Waals surface area contributed by atoms with Crippen LogP contribution in [0.15, 0.2) is 24.3 Å². The molecule has 1 aliphatic carbocycles. The normalized spacial score (nSPS) is 15.1. The molecular formula is C15H19ClN2O3. The zero-order chi connectivity index (χ0) is 15.3. The Kier molecular flexibility index (Phi) is 5.07. The molecule has 0 aromatic heterocycles. The third-order valence-corrected chi connectivity index (χ3v) is 3.96. The van der Waals surface area contributed by atoms with Crippen molar-refractivity contribution in [3.05, 3.63) is 34.9 Å². The molecule has 0 bridgehead atoms. The topological polar surface area (TPSA) is 67.4 Å². The van der Waals surface area contributed by atoms with E-state index in [2.05, 4.69) is 15.4 Å². The second-order valence-corrected chi connectivity index (χ2v) is 5.67. The maximum atomic E-state index is 11.8. The summed E-state index contributed by atoms with van der Waals surface area (Å²) in [5, 5.41) is 6.11. The summed E-state index contributed by atoms with van der Waals surface area (Å²) in [6.45, 7) is 0.868. The quantitative estimate of drug-likeness (QED) is 0.846. The molecule has 0 saturated heterocycles. The molecule has 0 aliphatic heterocycles. The van der Waals surface area contributed by atoms with Gasteiger partial charge in [0.25, 0.3) is 0 Å². The predicted octanol–water partition coefficient (Wildman–Crippen LogP) is 2.23. The number of alkyl carbamates (subject to hydrolysis) is 1. The lowest BCUT2D eigenvalue weighted by atomic mass is 9.96. The molecule has 2 rings (SSSR count). The Morgan fingerprint density at radius 1 is 1.33 bits per heavy atom. The van der Waals surface area contributed by atoms with Crippen molar-refractivity contribution in [3.8, 4) is 0 Å². The van der Waals surface area contributed by atoms with Gasteiger partial charge in [0.1, 0.15) is 0 Å². The molecule has 1 aliphatic rings. The first kappa shape index (κ1) is 15.6. The number of carbonyl (C=O) groups excluding carboxylic acids is 2. The van der Waals surface area contributed by atoms with Gasteiger partial charge in [-0.05, 0) is 30.5 Å². The molecule has 1 fully saturated rings. The maximum Gasteiger partial charge on any atom is 0.406 e. The number of nitrogens with one attached hydrogen (secondary N) is 2. The van der Waals surface area contributed by atoms with Crippen molar-refractivity contribution in [3.63, 3.8) is 0 Å². The zero-order valence-electron chi connectivity index (χ0n) is 11.9. The number of halogens is 1. The Morgan fingerprint density at radius 3 is 2.71 bits per heavy atom. The molecule has 1 aromatic rings. The minimum atomic E-state index is -0.527. The highest BCUT2D eigenvalue weighted by atomic mass is 35.5. The van der Waals surface area contributed by atoms with Crippen molar-refractivity contribution in [1.82, 2.24) is 10.6 Å². The lowest BCUT2D eigenvalue weighted by Crippen LogP contribution is -2.35. The van der Waals surface area contributed by atoms with E-state index < -0.39 is 6.09 Å². The summed E-state index contributed by atoms with van der Waals surface area (Å²) in [7, 11) is 1.29. The van der Waals surface area contributed by atoms with Gasteiger partial charge in [0.05, 0.1) is 7.11 Å². The van der Waals surface area contributed by atoms with Crippen molar-refractivity contribution in [2.75, 3.05) is 20.2 Å². The minimum Gasteiger partial charge on any atom is -0.453 e. The fourth-order valence-electron chi connectivity index (χ4n) is 2.24. The number of ether oxygens (including phenoxy) is 1. The van der Waals surface area contributed by atoms with Crippen LogP contribution in [0.5, 0.6) is 0 Å². The Hall–Kier alpha value is -1.75. The number of hydrogen-bond acceptors (Lipinski definition) is 3. The molecule has 0 spiro atoms. The first-order valence-corrected chi connectivity index (χ1v) is 7.28. The van der Waals surface area contributed by atoms with Gasteiger partial charge in [-0.15, -0.1) is 0 Å². The number of rotatable bonds is 6. The zero-order valence-corrected chi connectivity index (χ0v) is 12.7. The Bertz CT molecular complexity index is 529. The SMILES string of the molecule is COC(=O)NCCC(=O)NCC1(c2cccc(Cl)c2)CC1. The lowest BCUT2D eigenvalue weighted by molar-refractivity contribution is -0.121. The summed E-state index contributed by atoms with van der Waals surface area (Å²) in [5.41, 5.74) is 1.19. The fraction of sp³-hybridized carbons (Fsp3) is 0.467. The van der Waals surface area contributed by atoms with Crippen molar-refractivity contribution in [1.29, 1.82) is 0 Å². The van der Waals surface area contributed by atoms with Crippen LogP contribution in [-0.4, -0.2) is 32.2 Å². The van der Waals surface area contributed by atoms with Gasteiger partial charge in [0, 0.05) is 29.9 Å². The number of hydrogen-bond donors (Lipinski definition) is 2. The summed E-state index contributed by atoms with van der Waals surface area (Å²) in [5.74, 6) is -0.0836. The van der Waals surface area contributed by atoms with E-state index in [9.17, 15) is 9.59 Å². The maximum absolute atomic E-state index is 11.8. The van der Waals surface area contributed by atoms with Gasteiger partial charge >= 0.3 is 6.09 Å². The third kappa shape index (κ3) is 4.36. The van der Waals surface area contributed by atoms with E-state index in [1.54, 1.807) is 0 Å². The van der Waals surface area contributed by atoms with Crippen LogP contribution in [0.3, 0.4) is 0 Å². The van der Waals surface area contributed by atoms with Gasteiger partial charge in [-0.3, -0.25) is 4.79 Å². The smallest absolute Gasteiger partial charge is 0.406 e. The van der Waals surface area contributed by atoms with Crippen molar-refractivity contribution < 1.29 is 14.3 Å². The highest BCUT2D eigenvalue weighted by Gasteiger charge is 2.44. The number of amides is 2. The van der Waals surface area contributed by atoms with Crippen LogP contribution in [0.1, 0.15) is 24.8 Å². The van der Waals surface area contributed by atoms with Crippen molar-refractivity contribution in [2.45, 2.75) is 24.7 Å². The second-order valence-electron chi connectivity index (χ2n) is 5.24. The summed E-state index contributed by atoms with van der Waals surface area (Å²) >= 11 is 6.01. The first-order chi connectivity index (χ1) is 10.1. The summed E-state index contributed by atoms with van der Waals surface area (Å²) in [6.07, 6.45) is 1.81. The van der Waals surface area contributed by atoms with Crippen LogP contribution >= 0.6 is 11.6 Å².